The van der Waals surface area contributed by atoms with Crippen LogP contribution in [0.25, 0.3) is 0 Å². The highest BCUT2D eigenvalue weighted by Crippen LogP contribution is 2.17. The van der Waals surface area contributed by atoms with Gasteiger partial charge in [0.2, 0.25) is 0 Å². The Morgan fingerprint density at radius 2 is 2.31 bits per heavy atom. The van der Waals surface area contributed by atoms with Crippen molar-refractivity contribution in [1.82, 2.24) is 4.90 Å². The molecule has 3 nitrogen and oxygen atoms in total. The van der Waals surface area contributed by atoms with E-state index in [4.69, 9.17) is 22.7 Å². The molecule has 0 aliphatic carbocycles. The van der Waals surface area contributed by atoms with E-state index in [9.17, 15) is 0 Å². The van der Waals surface area contributed by atoms with Gasteiger partial charge in [-0.2, -0.15) is 0 Å². The largest absolute Gasteiger partial charge is 0.492 e. The van der Waals surface area contributed by atoms with Crippen LogP contribution in [-0.4, -0.2) is 36.6 Å². The quantitative estimate of drug-likeness (QED) is 0.816. The summed E-state index contributed by atoms with van der Waals surface area (Å²) in [4.78, 5) is 2.53. The molecule has 0 amide bonds. The van der Waals surface area contributed by atoms with Gasteiger partial charge < -0.3 is 10.5 Å². The number of hydrogen-bond donors (Lipinski definition) is 1. The Morgan fingerprint density at radius 1 is 1.56 bits per heavy atom. The molecule has 16 heavy (non-hydrogen) atoms. The molecule has 0 unspecified atom stereocenters. The number of nitrogens with zero attached hydrogens (tertiary/aromatic N) is 1. The van der Waals surface area contributed by atoms with Crippen LogP contribution in [0.2, 0.25) is 0 Å². The minimum Gasteiger partial charge on any atom is -0.492 e. The van der Waals surface area contributed by atoms with Crippen molar-refractivity contribution in [3.05, 3.63) is 28.7 Å². The summed E-state index contributed by atoms with van der Waals surface area (Å²) in [5, 5.41) is 0. The molecule has 1 aromatic rings. The first kappa shape index (κ1) is 13.4. The van der Waals surface area contributed by atoms with Gasteiger partial charge in [0.05, 0.1) is 4.99 Å². The highest BCUT2D eigenvalue weighted by atomic mass is 79.9. The Morgan fingerprint density at radius 3 is 2.94 bits per heavy atom. The lowest BCUT2D eigenvalue weighted by Crippen LogP contribution is -2.32. The average Bonchev–Trinajstić information content (AvgIpc) is 2.16. The van der Waals surface area contributed by atoms with Gasteiger partial charge in [0.25, 0.3) is 0 Å². The predicted molar refractivity (Wildman–Crippen MR) is 73.9 cm³/mol. The van der Waals surface area contributed by atoms with Crippen molar-refractivity contribution in [1.29, 1.82) is 0 Å². The second kappa shape index (κ2) is 6.83. The molecule has 0 saturated heterocycles. The molecule has 2 N–H and O–H groups in total. The summed E-state index contributed by atoms with van der Waals surface area (Å²) >= 11 is 8.21. The number of likely N-dealkylation sites (N-methyl/N-ethyl adjacent to an activating group) is 1. The summed E-state index contributed by atoms with van der Waals surface area (Å²) in [5.41, 5.74) is 5.44. The van der Waals surface area contributed by atoms with Gasteiger partial charge in [-0.1, -0.05) is 34.2 Å². The Bertz CT molecular complexity index is 360. The van der Waals surface area contributed by atoms with Gasteiger partial charge in [0.15, 0.2) is 0 Å². The molecule has 0 saturated carbocycles. The lowest BCUT2D eigenvalue weighted by Gasteiger charge is -2.15. The first-order valence-corrected chi connectivity index (χ1v) is 6.13. The highest BCUT2D eigenvalue weighted by Gasteiger charge is 2.00. The van der Waals surface area contributed by atoms with Crippen LogP contribution < -0.4 is 10.5 Å². The van der Waals surface area contributed by atoms with Crippen molar-refractivity contribution < 1.29 is 4.74 Å². The van der Waals surface area contributed by atoms with E-state index in [-0.39, 0.29) is 0 Å². The number of nitrogens with two attached hydrogens (primary N) is 1. The summed E-state index contributed by atoms with van der Waals surface area (Å²) in [6.07, 6.45) is 0. The smallest absolute Gasteiger partial charge is 0.120 e. The molecule has 0 heterocycles. The lowest BCUT2D eigenvalue weighted by atomic mass is 10.3. The minimum absolute atomic E-state index is 0.505. The van der Waals surface area contributed by atoms with Gasteiger partial charge in [0, 0.05) is 17.6 Å². The molecular formula is C11H15BrN2OS. The van der Waals surface area contributed by atoms with Crippen LogP contribution in [0.1, 0.15) is 0 Å². The number of benzene rings is 1. The van der Waals surface area contributed by atoms with Crippen LogP contribution in [-0.2, 0) is 0 Å². The summed E-state index contributed by atoms with van der Waals surface area (Å²) < 4.78 is 6.60. The van der Waals surface area contributed by atoms with Crippen LogP contribution in [0.5, 0.6) is 5.75 Å². The van der Waals surface area contributed by atoms with Gasteiger partial charge >= 0.3 is 0 Å². The fourth-order valence-corrected chi connectivity index (χ4v) is 1.82. The molecule has 0 radical (unpaired) electrons. The van der Waals surface area contributed by atoms with E-state index in [1.807, 2.05) is 36.2 Å². The number of hydrogen-bond acceptors (Lipinski definition) is 3. The van der Waals surface area contributed by atoms with Crippen molar-refractivity contribution in [3.63, 3.8) is 0 Å². The zero-order valence-corrected chi connectivity index (χ0v) is 11.6. The molecule has 0 atom stereocenters. The Kier molecular flexibility index (Phi) is 5.73. The van der Waals surface area contributed by atoms with Crippen molar-refractivity contribution in [3.8, 4) is 5.75 Å². The number of ether oxygens (including phenoxy) is 1. The molecular weight excluding hydrogens is 288 g/mol. The molecule has 0 aromatic heterocycles. The Hall–Kier alpha value is -0.650. The maximum Gasteiger partial charge on any atom is 0.120 e. The van der Waals surface area contributed by atoms with Crippen molar-refractivity contribution in [2.45, 2.75) is 0 Å². The number of rotatable bonds is 6. The number of halogens is 1. The zero-order valence-electron chi connectivity index (χ0n) is 9.15. The van der Waals surface area contributed by atoms with Crippen LogP contribution in [0.3, 0.4) is 0 Å². The zero-order chi connectivity index (χ0) is 12.0. The second-order valence-electron chi connectivity index (χ2n) is 3.51. The van der Waals surface area contributed by atoms with Crippen molar-refractivity contribution in [2.75, 3.05) is 26.7 Å². The Labute approximate surface area is 110 Å². The molecule has 88 valence electrons. The van der Waals surface area contributed by atoms with E-state index in [2.05, 4.69) is 15.9 Å². The SMILES string of the molecule is CN(CCOc1cccc(Br)c1)CC(N)=S. The van der Waals surface area contributed by atoms with Crippen molar-refractivity contribution >= 4 is 33.1 Å². The monoisotopic (exact) mass is 302 g/mol. The fraction of sp³-hybridized carbons (Fsp3) is 0.364. The lowest BCUT2D eigenvalue weighted by molar-refractivity contribution is 0.253. The third-order valence-electron chi connectivity index (χ3n) is 1.96. The average molecular weight is 303 g/mol. The van der Waals surface area contributed by atoms with Gasteiger partial charge in [0.1, 0.15) is 12.4 Å². The second-order valence-corrected chi connectivity index (χ2v) is 4.95. The molecule has 0 spiro atoms. The Balaban J connectivity index is 2.27. The number of thiocarbonyl (C=S) groups is 1. The first-order chi connectivity index (χ1) is 7.58. The summed E-state index contributed by atoms with van der Waals surface area (Å²) in [7, 11) is 1.96. The van der Waals surface area contributed by atoms with Gasteiger partial charge in [-0.25, -0.2) is 0 Å². The van der Waals surface area contributed by atoms with Crippen LogP contribution >= 0.6 is 28.1 Å². The molecule has 0 aliphatic heterocycles. The predicted octanol–water partition coefficient (Wildman–Crippen LogP) is 2.05. The topological polar surface area (TPSA) is 38.5 Å². The third kappa shape index (κ3) is 5.44. The van der Waals surface area contributed by atoms with E-state index in [0.29, 0.717) is 18.1 Å². The van der Waals surface area contributed by atoms with Gasteiger partial charge in [-0.05, 0) is 25.2 Å². The van der Waals surface area contributed by atoms with E-state index in [0.717, 1.165) is 16.8 Å². The summed E-state index contributed by atoms with van der Waals surface area (Å²) in [5.74, 6) is 0.859. The van der Waals surface area contributed by atoms with Crippen LogP contribution in [0, 0.1) is 0 Å². The van der Waals surface area contributed by atoms with E-state index in [1.54, 1.807) is 0 Å². The standard InChI is InChI=1S/C11H15BrN2OS/c1-14(8-11(13)16)5-6-15-10-4-2-3-9(12)7-10/h2-4,7H,5-6,8H2,1H3,(H2,13,16). The normalized spacial score (nSPS) is 10.4. The first-order valence-electron chi connectivity index (χ1n) is 4.93. The third-order valence-corrected chi connectivity index (χ3v) is 2.59. The molecule has 1 rings (SSSR count). The van der Waals surface area contributed by atoms with Gasteiger partial charge in [-0.15, -0.1) is 0 Å². The molecule has 5 heteroatoms. The molecule has 0 fully saturated rings. The fourth-order valence-electron chi connectivity index (χ4n) is 1.22. The van der Waals surface area contributed by atoms with Gasteiger partial charge in [-0.3, -0.25) is 4.90 Å². The molecule has 0 bridgehead atoms. The summed E-state index contributed by atoms with van der Waals surface area (Å²) in [6, 6.07) is 7.77. The van der Waals surface area contributed by atoms with E-state index >= 15 is 0 Å². The molecule has 1 aromatic carbocycles. The van der Waals surface area contributed by atoms with Crippen LogP contribution in [0.4, 0.5) is 0 Å². The van der Waals surface area contributed by atoms with Crippen molar-refractivity contribution in [2.24, 2.45) is 5.73 Å². The maximum absolute atomic E-state index is 5.58. The minimum atomic E-state index is 0.505. The van der Waals surface area contributed by atoms with E-state index in [1.165, 1.54) is 0 Å². The highest BCUT2D eigenvalue weighted by molar-refractivity contribution is 9.10. The molecule has 0 aliphatic rings. The van der Waals surface area contributed by atoms with E-state index < -0.39 is 0 Å². The maximum atomic E-state index is 5.58. The summed E-state index contributed by atoms with van der Waals surface area (Å²) in [6.45, 7) is 2.04. The van der Waals surface area contributed by atoms with Crippen LogP contribution in [0.15, 0.2) is 28.7 Å².